The minimum absolute atomic E-state index is 0.0303. The maximum absolute atomic E-state index is 12.5. The van der Waals surface area contributed by atoms with Gasteiger partial charge in [0.05, 0.1) is 5.56 Å². The highest BCUT2D eigenvalue weighted by molar-refractivity contribution is 6.21. The van der Waals surface area contributed by atoms with Crippen LogP contribution in [0.25, 0.3) is 0 Å². The number of halogens is 4. The van der Waals surface area contributed by atoms with E-state index in [2.05, 4.69) is 0 Å². The van der Waals surface area contributed by atoms with Gasteiger partial charge in [-0.1, -0.05) is 19.3 Å². The zero-order valence-electron chi connectivity index (χ0n) is 11.6. The smallest absolute Gasteiger partial charge is 0.416 e. The largest absolute Gasteiger partial charge is 0.490 e. The molecule has 0 saturated heterocycles. The van der Waals surface area contributed by atoms with E-state index in [0.29, 0.717) is 5.75 Å². The summed E-state index contributed by atoms with van der Waals surface area (Å²) in [5.41, 5.74) is -0.617. The first kappa shape index (κ1) is 15.0. The van der Waals surface area contributed by atoms with Gasteiger partial charge >= 0.3 is 6.18 Å². The minimum Gasteiger partial charge on any atom is -0.490 e. The standard InChI is InChI=1S/C16H18ClF3O/c17-13-10-14(15(13)8-2-1-3-9-15)21-12-6-4-11(5-7-12)16(18,19)20/h4-7,13-14H,1-3,8-10H2. The lowest BCUT2D eigenvalue weighted by Crippen LogP contribution is -2.58. The summed E-state index contributed by atoms with van der Waals surface area (Å²) in [5, 5.41) is 0.136. The summed E-state index contributed by atoms with van der Waals surface area (Å²) in [6.07, 6.45) is 2.20. The molecule has 0 amide bonds. The molecule has 116 valence electrons. The van der Waals surface area contributed by atoms with Crippen LogP contribution >= 0.6 is 11.6 Å². The van der Waals surface area contributed by atoms with Crippen LogP contribution in [-0.4, -0.2) is 11.5 Å². The molecule has 2 fully saturated rings. The molecule has 1 spiro atoms. The molecule has 1 nitrogen and oxygen atoms in total. The van der Waals surface area contributed by atoms with Gasteiger partial charge in [-0.15, -0.1) is 11.6 Å². The van der Waals surface area contributed by atoms with Gasteiger partial charge in [0.15, 0.2) is 0 Å². The summed E-state index contributed by atoms with van der Waals surface area (Å²) >= 11 is 6.40. The Balaban J connectivity index is 1.69. The van der Waals surface area contributed by atoms with Crippen molar-refractivity contribution in [1.82, 2.24) is 0 Å². The molecule has 1 aromatic rings. The molecule has 5 heteroatoms. The normalized spacial score (nSPS) is 28.2. The highest BCUT2D eigenvalue weighted by atomic mass is 35.5. The number of rotatable bonds is 2. The molecule has 1 aromatic carbocycles. The molecular weight excluding hydrogens is 301 g/mol. The van der Waals surface area contributed by atoms with Crippen LogP contribution in [0, 0.1) is 5.41 Å². The van der Waals surface area contributed by atoms with E-state index in [9.17, 15) is 13.2 Å². The van der Waals surface area contributed by atoms with Crippen LogP contribution in [0.1, 0.15) is 44.1 Å². The minimum atomic E-state index is -4.30. The molecule has 0 aromatic heterocycles. The zero-order valence-corrected chi connectivity index (χ0v) is 12.4. The maximum atomic E-state index is 12.5. The Labute approximate surface area is 127 Å². The zero-order chi connectivity index (χ0) is 15.1. The fourth-order valence-electron chi connectivity index (χ4n) is 3.60. The van der Waals surface area contributed by atoms with Gasteiger partial charge in [0, 0.05) is 17.2 Å². The van der Waals surface area contributed by atoms with Crippen LogP contribution in [0.15, 0.2) is 24.3 Å². The average molecular weight is 319 g/mol. The Morgan fingerprint density at radius 3 is 2.19 bits per heavy atom. The summed E-state index contributed by atoms with van der Waals surface area (Å²) in [6.45, 7) is 0. The second-order valence-corrected chi connectivity index (χ2v) is 6.65. The van der Waals surface area contributed by atoms with E-state index in [1.807, 2.05) is 0 Å². The average Bonchev–Trinajstić information content (AvgIpc) is 2.47. The van der Waals surface area contributed by atoms with Crippen molar-refractivity contribution in [1.29, 1.82) is 0 Å². The molecule has 0 aliphatic heterocycles. The van der Waals surface area contributed by atoms with Crippen LogP contribution in [0.5, 0.6) is 5.75 Å². The molecule has 2 atom stereocenters. The van der Waals surface area contributed by atoms with E-state index in [-0.39, 0.29) is 16.9 Å². The van der Waals surface area contributed by atoms with Crippen LogP contribution in [-0.2, 0) is 6.18 Å². The number of benzene rings is 1. The third-order valence-corrected chi connectivity index (χ3v) is 5.54. The molecule has 0 bridgehead atoms. The second-order valence-electron chi connectivity index (χ2n) is 6.13. The number of alkyl halides is 4. The summed E-state index contributed by atoms with van der Waals surface area (Å²) in [6, 6.07) is 4.95. The van der Waals surface area contributed by atoms with Crippen molar-refractivity contribution in [2.75, 3.05) is 0 Å². The van der Waals surface area contributed by atoms with E-state index in [4.69, 9.17) is 16.3 Å². The van der Waals surface area contributed by atoms with Gasteiger partial charge in [0.25, 0.3) is 0 Å². The molecule has 21 heavy (non-hydrogen) atoms. The van der Waals surface area contributed by atoms with Crippen molar-refractivity contribution in [3.8, 4) is 5.75 Å². The quantitative estimate of drug-likeness (QED) is 0.662. The van der Waals surface area contributed by atoms with Crippen LogP contribution in [0.3, 0.4) is 0 Å². The second kappa shape index (κ2) is 5.38. The predicted octanol–water partition coefficient (Wildman–Crippen LogP) is 5.41. The van der Waals surface area contributed by atoms with Crippen molar-refractivity contribution < 1.29 is 17.9 Å². The Morgan fingerprint density at radius 1 is 1.05 bits per heavy atom. The molecule has 2 unspecified atom stereocenters. The summed E-state index contributed by atoms with van der Waals surface area (Å²) in [7, 11) is 0. The van der Waals surface area contributed by atoms with E-state index in [0.717, 1.165) is 44.2 Å². The van der Waals surface area contributed by atoms with E-state index in [1.165, 1.54) is 18.6 Å². The van der Waals surface area contributed by atoms with Gasteiger partial charge in [0.2, 0.25) is 0 Å². The molecule has 3 rings (SSSR count). The topological polar surface area (TPSA) is 9.23 Å². The molecule has 2 aliphatic carbocycles. The fourth-order valence-corrected chi connectivity index (χ4v) is 4.12. The maximum Gasteiger partial charge on any atom is 0.416 e. The highest BCUT2D eigenvalue weighted by Gasteiger charge is 2.55. The molecule has 0 heterocycles. The third kappa shape index (κ3) is 2.75. The molecule has 2 aliphatic rings. The van der Waals surface area contributed by atoms with Crippen molar-refractivity contribution in [2.24, 2.45) is 5.41 Å². The number of hydrogen-bond donors (Lipinski definition) is 0. The molecule has 0 radical (unpaired) electrons. The first-order valence-corrected chi connectivity index (χ1v) is 7.83. The van der Waals surface area contributed by atoms with Crippen molar-refractivity contribution in [3.05, 3.63) is 29.8 Å². The lowest BCUT2D eigenvalue weighted by atomic mass is 9.58. The summed E-state index contributed by atoms with van der Waals surface area (Å²) in [5.74, 6) is 0.501. The number of ether oxygens (including phenoxy) is 1. The van der Waals surface area contributed by atoms with E-state index >= 15 is 0 Å². The van der Waals surface area contributed by atoms with Gasteiger partial charge in [0.1, 0.15) is 11.9 Å². The van der Waals surface area contributed by atoms with Gasteiger partial charge in [-0.05, 0) is 37.1 Å². The van der Waals surface area contributed by atoms with Crippen molar-refractivity contribution >= 4 is 11.6 Å². The van der Waals surface area contributed by atoms with Crippen LogP contribution in [0.4, 0.5) is 13.2 Å². The van der Waals surface area contributed by atoms with Crippen LogP contribution < -0.4 is 4.74 Å². The lowest BCUT2D eigenvalue weighted by molar-refractivity contribution is -0.137. The van der Waals surface area contributed by atoms with Crippen molar-refractivity contribution in [3.63, 3.8) is 0 Å². The Hall–Kier alpha value is -0.900. The highest BCUT2D eigenvalue weighted by Crippen LogP contribution is 2.55. The molecule has 0 N–H and O–H groups in total. The number of hydrogen-bond acceptors (Lipinski definition) is 1. The van der Waals surface area contributed by atoms with Gasteiger partial charge < -0.3 is 4.74 Å². The van der Waals surface area contributed by atoms with E-state index in [1.54, 1.807) is 0 Å². The Bertz CT molecular complexity index is 491. The lowest BCUT2D eigenvalue weighted by Gasteiger charge is -2.55. The van der Waals surface area contributed by atoms with Crippen LogP contribution in [0.2, 0.25) is 0 Å². The molecular formula is C16H18ClF3O. The summed E-state index contributed by atoms with van der Waals surface area (Å²) < 4.78 is 43.5. The molecule has 2 saturated carbocycles. The fraction of sp³-hybridized carbons (Fsp3) is 0.625. The third-order valence-electron chi connectivity index (χ3n) is 4.93. The van der Waals surface area contributed by atoms with Gasteiger partial charge in [-0.3, -0.25) is 0 Å². The monoisotopic (exact) mass is 318 g/mol. The first-order valence-electron chi connectivity index (χ1n) is 7.40. The van der Waals surface area contributed by atoms with Gasteiger partial charge in [-0.25, -0.2) is 0 Å². The Kier molecular flexibility index (Phi) is 3.85. The summed E-state index contributed by atoms with van der Waals surface area (Å²) in [4.78, 5) is 0. The van der Waals surface area contributed by atoms with Gasteiger partial charge in [-0.2, -0.15) is 13.2 Å². The Morgan fingerprint density at radius 2 is 1.67 bits per heavy atom. The SMILES string of the molecule is FC(F)(F)c1ccc(OC2CC(Cl)C23CCCCC3)cc1. The first-order chi connectivity index (χ1) is 9.92. The van der Waals surface area contributed by atoms with E-state index < -0.39 is 11.7 Å². The predicted molar refractivity (Wildman–Crippen MR) is 75.6 cm³/mol. The van der Waals surface area contributed by atoms with Crippen molar-refractivity contribution in [2.45, 2.75) is 56.2 Å².